The molecule has 0 atom stereocenters. The second kappa shape index (κ2) is 4.72. The minimum absolute atomic E-state index is 0.251. The lowest BCUT2D eigenvalue weighted by atomic mass is 10.3. The molecule has 76 valence electrons. The second-order valence-corrected chi connectivity index (χ2v) is 3.09. The Balaban J connectivity index is 3.07. The summed E-state index contributed by atoms with van der Waals surface area (Å²) in [4.78, 5) is 1.74. The number of nitrogens with zero attached hydrogens (tertiary/aromatic N) is 2. The van der Waals surface area contributed by atoms with E-state index < -0.39 is 0 Å². The van der Waals surface area contributed by atoms with Crippen molar-refractivity contribution in [3.63, 3.8) is 0 Å². The van der Waals surface area contributed by atoms with E-state index in [4.69, 9.17) is 23.2 Å². The maximum absolute atomic E-state index is 6.01. The van der Waals surface area contributed by atoms with E-state index in [9.17, 15) is 0 Å². The van der Waals surface area contributed by atoms with Gasteiger partial charge in [0.1, 0.15) is 0 Å². The molecule has 0 unspecified atom stereocenters. The summed E-state index contributed by atoms with van der Waals surface area (Å²) >= 11 is 6.01. The Bertz CT molecular complexity index is 337. The molecule has 0 aliphatic heterocycles. The average molecular weight is 213 g/mol. The van der Waals surface area contributed by atoms with Crippen LogP contribution in [-0.4, -0.2) is 12.5 Å². The largest absolute Gasteiger partial charge is 0.368 e. The van der Waals surface area contributed by atoms with Crippen molar-refractivity contribution in [1.82, 2.24) is 0 Å². The summed E-state index contributed by atoms with van der Waals surface area (Å²) in [6.07, 6.45) is 0. The highest BCUT2D eigenvalue weighted by molar-refractivity contribution is 6.33. The zero-order valence-electron chi connectivity index (χ0n) is 7.94. The topological polar surface area (TPSA) is 67.6 Å². The molecule has 5 heteroatoms. The molecule has 1 rings (SSSR count). The Morgan fingerprint density at radius 2 is 2.14 bits per heavy atom. The third kappa shape index (κ3) is 2.09. The molecule has 0 radical (unpaired) electrons. The zero-order valence-corrected chi connectivity index (χ0v) is 8.70. The minimum atomic E-state index is 0.251. The van der Waals surface area contributed by atoms with E-state index in [1.807, 2.05) is 25.1 Å². The number of rotatable bonds is 2. The predicted molar refractivity (Wildman–Crippen MR) is 60.3 cm³/mol. The van der Waals surface area contributed by atoms with Crippen molar-refractivity contribution in [1.29, 1.82) is 0 Å². The van der Waals surface area contributed by atoms with E-state index in [1.165, 1.54) is 0 Å². The molecule has 0 fully saturated rings. The van der Waals surface area contributed by atoms with Gasteiger partial charge in [0.2, 0.25) is 5.96 Å². The molecule has 0 amide bonds. The summed E-state index contributed by atoms with van der Waals surface area (Å²) in [6, 6.07) is 7.40. The van der Waals surface area contributed by atoms with Gasteiger partial charge in [0.15, 0.2) is 0 Å². The highest BCUT2D eigenvalue weighted by Crippen LogP contribution is 2.24. The van der Waals surface area contributed by atoms with Crippen molar-refractivity contribution < 1.29 is 0 Å². The third-order valence-corrected chi connectivity index (χ3v) is 2.19. The minimum Gasteiger partial charge on any atom is -0.368 e. The van der Waals surface area contributed by atoms with Gasteiger partial charge in [0.25, 0.3) is 0 Å². The molecule has 14 heavy (non-hydrogen) atoms. The molecule has 4 N–H and O–H groups in total. The lowest BCUT2D eigenvalue weighted by molar-refractivity contribution is 1.02. The van der Waals surface area contributed by atoms with Crippen LogP contribution < -0.4 is 16.5 Å². The first kappa shape index (κ1) is 10.7. The number of anilines is 1. The van der Waals surface area contributed by atoms with E-state index in [2.05, 4.69) is 5.10 Å². The van der Waals surface area contributed by atoms with Crippen molar-refractivity contribution in [3.8, 4) is 0 Å². The first-order chi connectivity index (χ1) is 6.70. The molecule has 0 aliphatic carbocycles. The van der Waals surface area contributed by atoms with E-state index in [-0.39, 0.29) is 5.96 Å². The molecule has 0 aromatic heterocycles. The summed E-state index contributed by atoms with van der Waals surface area (Å²) in [6.45, 7) is 2.61. The average Bonchev–Trinajstić information content (AvgIpc) is 2.21. The lowest BCUT2D eigenvalue weighted by Crippen LogP contribution is -2.38. The van der Waals surface area contributed by atoms with Gasteiger partial charge in [-0.1, -0.05) is 23.7 Å². The third-order valence-electron chi connectivity index (χ3n) is 1.87. The van der Waals surface area contributed by atoms with Crippen molar-refractivity contribution in [2.24, 2.45) is 16.7 Å². The van der Waals surface area contributed by atoms with Crippen LogP contribution in [0.4, 0.5) is 5.69 Å². The van der Waals surface area contributed by atoms with Gasteiger partial charge >= 0.3 is 0 Å². The van der Waals surface area contributed by atoms with Gasteiger partial charge in [-0.2, -0.15) is 0 Å². The number of nitrogens with two attached hydrogens (primary N) is 2. The number of hydrogen-bond donors (Lipinski definition) is 2. The predicted octanol–water partition coefficient (Wildman–Crippen LogP) is 1.35. The smallest absolute Gasteiger partial charge is 0.217 e. The maximum Gasteiger partial charge on any atom is 0.217 e. The van der Waals surface area contributed by atoms with Crippen LogP contribution in [0.3, 0.4) is 0 Å². The number of hydrogen-bond acceptors (Lipinski definition) is 2. The van der Waals surface area contributed by atoms with Crippen LogP contribution in [0.2, 0.25) is 5.02 Å². The fraction of sp³-hybridized carbons (Fsp3) is 0.222. The molecule has 0 spiro atoms. The molecule has 1 aromatic rings. The molecule has 1 aromatic carbocycles. The van der Waals surface area contributed by atoms with Gasteiger partial charge < -0.3 is 16.5 Å². The Hall–Kier alpha value is -1.42. The van der Waals surface area contributed by atoms with E-state index >= 15 is 0 Å². The van der Waals surface area contributed by atoms with Gasteiger partial charge in [0.05, 0.1) is 10.7 Å². The van der Waals surface area contributed by atoms with Gasteiger partial charge in [0, 0.05) is 6.54 Å². The molecule has 0 bridgehead atoms. The number of halogens is 1. The highest BCUT2D eigenvalue weighted by atomic mass is 35.5. The molecular weight excluding hydrogens is 200 g/mol. The Kier molecular flexibility index (Phi) is 3.59. The Morgan fingerprint density at radius 3 is 2.64 bits per heavy atom. The standard InChI is InChI=1S/C9H13ClN4/c1-2-14(9(11)13-12)8-6-4-3-5-7(8)10/h3-6H,2,12H2,1H3,(H2,11,13). The van der Waals surface area contributed by atoms with Crippen LogP contribution in [0.15, 0.2) is 29.4 Å². The first-order valence-corrected chi connectivity index (χ1v) is 4.64. The number of benzene rings is 1. The molecule has 0 saturated heterocycles. The Morgan fingerprint density at radius 1 is 1.50 bits per heavy atom. The molecule has 0 saturated carbocycles. The van der Waals surface area contributed by atoms with Gasteiger partial charge in [-0.05, 0) is 19.1 Å². The van der Waals surface area contributed by atoms with Crippen molar-refractivity contribution in [3.05, 3.63) is 29.3 Å². The number of guanidine groups is 1. The highest BCUT2D eigenvalue weighted by Gasteiger charge is 2.10. The number of hydrazone groups is 1. The van der Waals surface area contributed by atoms with Crippen molar-refractivity contribution in [2.75, 3.05) is 11.4 Å². The van der Waals surface area contributed by atoms with Gasteiger partial charge in [-0.3, -0.25) is 0 Å². The number of para-hydroxylation sites is 1. The summed E-state index contributed by atoms with van der Waals surface area (Å²) in [5.74, 6) is 5.36. The van der Waals surface area contributed by atoms with Crippen molar-refractivity contribution in [2.45, 2.75) is 6.92 Å². The quantitative estimate of drug-likeness (QED) is 0.337. The van der Waals surface area contributed by atoms with Crippen LogP contribution in [0.5, 0.6) is 0 Å². The van der Waals surface area contributed by atoms with E-state index in [0.29, 0.717) is 11.6 Å². The fourth-order valence-corrected chi connectivity index (χ4v) is 1.43. The van der Waals surface area contributed by atoms with E-state index in [1.54, 1.807) is 11.0 Å². The van der Waals surface area contributed by atoms with Crippen LogP contribution >= 0.6 is 11.6 Å². The fourth-order valence-electron chi connectivity index (χ4n) is 1.20. The SMILES string of the molecule is CCN(/C(N)=N/N)c1ccccc1Cl. The summed E-state index contributed by atoms with van der Waals surface area (Å²) in [7, 11) is 0. The zero-order chi connectivity index (χ0) is 10.6. The van der Waals surface area contributed by atoms with Gasteiger partial charge in [-0.15, -0.1) is 5.10 Å². The van der Waals surface area contributed by atoms with Crippen molar-refractivity contribution >= 4 is 23.2 Å². The summed E-state index contributed by atoms with van der Waals surface area (Å²) < 4.78 is 0. The lowest BCUT2D eigenvalue weighted by Gasteiger charge is -2.22. The van der Waals surface area contributed by atoms with Gasteiger partial charge in [-0.25, -0.2) is 0 Å². The van der Waals surface area contributed by atoms with Crippen LogP contribution in [0, 0.1) is 0 Å². The summed E-state index contributed by atoms with van der Waals surface area (Å²) in [5.41, 5.74) is 6.43. The normalized spacial score (nSPS) is 11.4. The second-order valence-electron chi connectivity index (χ2n) is 2.68. The van der Waals surface area contributed by atoms with E-state index in [0.717, 1.165) is 5.69 Å². The maximum atomic E-state index is 6.01. The van der Waals surface area contributed by atoms with Crippen LogP contribution in [0.25, 0.3) is 0 Å². The monoisotopic (exact) mass is 212 g/mol. The summed E-state index contributed by atoms with van der Waals surface area (Å²) in [5, 5.41) is 4.06. The molecular formula is C9H13ClN4. The molecule has 4 nitrogen and oxygen atoms in total. The first-order valence-electron chi connectivity index (χ1n) is 4.26. The Labute approximate surface area is 88.1 Å². The van der Waals surface area contributed by atoms with Crippen LogP contribution in [-0.2, 0) is 0 Å². The molecule has 0 aliphatic rings. The van der Waals surface area contributed by atoms with Crippen LogP contribution in [0.1, 0.15) is 6.92 Å². The molecule has 0 heterocycles.